The SMILES string of the molecule is COC(=O)C(N)C(=O)O[C@@H]1CCCC[C@H]1C.Cl. The highest BCUT2D eigenvalue weighted by Gasteiger charge is 2.30. The fourth-order valence-electron chi connectivity index (χ4n) is 1.90. The van der Waals surface area contributed by atoms with E-state index in [0.29, 0.717) is 5.92 Å². The first kappa shape index (κ1) is 16.2. The molecule has 1 unspecified atom stereocenters. The zero-order valence-corrected chi connectivity index (χ0v) is 11.0. The second-order valence-electron chi connectivity index (χ2n) is 4.24. The molecule has 5 nitrogen and oxygen atoms in total. The van der Waals surface area contributed by atoms with Crippen LogP contribution in [-0.4, -0.2) is 31.2 Å². The summed E-state index contributed by atoms with van der Waals surface area (Å²) in [6.45, 7) is 2.04. The van der Waals surface area contributed by atoms with Crippen molar-refractivity contribution in [3.63, 3.8) is 0 Å². The third kappa shape index (κ3) is 4.52. The van der Waals surface area contributed by atoms with Crippen LogP contribution in [0.1, 0.15) is 32.6 Å². The maximum atomic E-state index is 11.5. The molecule has 0 radical (unpaired) electrons. The monoisotopic (exact) mass is 265 g/mol. The van der Waals surface area contributed by atoms with Crippen molar-refractivity contribution in [3.8, 4) is 0 Å². The van der Waals surface area contributed by atoms with Crippen LogP contribution in [-0.2, 0) is 19.1 Å². The number of ether oxygens (including phenoxy) is 2. The fourth-order valence-corrected chi connectivity index (χ4v) is 1.90. The summed E-state index contributed by atoms with van der Waals surface area (Å²) >= 11 is 0. The lowest BCUT2D eigenvalue weighted by Crippen LogP contribution is -2.43. The molecule has 0 amide bonds. The fraction of sp³-hybridized carbons (Fsp3) is 0.818. The molecule has 1 aliphatic rings. The van der Waals surface area contributed by atoms with Crippen LogP contribution in [0.5, 0.6) is 0 Å². The Kier molecular flexibility index (Phi) is 7.15. The van der Waals surface area contributed by atoms with Gasteiger partial charge in [0.1, 0.15) is 6.10 Å². The van der Waals surface area contributed by atoms with E-state index in [-0.39, 0.29) is 18.5 Å². The van der Waals surface area contributed by atoms with Crippen LogP contribution in [0, 0.1) is 5.92 Å². The molecule has 0 saturated heterocycles. The smallest absolute Gasteiger partial charge is 0.334 e. The largest absolute Gasteiger partial charge is 0.467 e. The van der Waals surface area contributed by atoms with Crippen molar-refractivity contribution in [3.05, 3.63) is 0 Å². The van der Waals surface area contributed by atoms with Crippen molar-refractivity contribution in [2.24, 2.45) is 11.7 Å². The zero-order chi connectivity index (χ0) is 12.1. The predicted molar refractivity (Wildman–Crippen MR) is 64.8 cm³/mol. The summed E-state index contributed by atoms with van der Waals surface area (Å²) in [7, 11) is 1.19. The van der Waals surface area contributed by atoms with Crippen molar-refractivity contribution >= 4 is 24.3 Å². The van der Waals surface area contributed by atoms with Gasteiger partial charge in [-0.15, -0.1) is 12.4 Å². The van der Waals surface area contributed by atoms with Gasteiger partial charge in [0.2, 0.25) is 6.04 Å². The molecule has 0 aromatic heterocycles. The van der Waals surface area contributed by atoms with Gasteiger partial charge in [-0.3, -0.25) is 0 Å². The van der Waals surface area contributed by atoms with Crippen molar-refractivity contribution in [1.82, 2.24) is 0 Å². The summed E-state index contributed by atoms with van der Waals surface area (Å²) < 4.78 is 9.61. The molecule has 1 saturated carbocycles. The van der Waals surface area contributed by atoms with Crippen LogP contribution >= 0.6 is 12.4 Å². The van der Waals surface area contributed by atoms with E-state index in [1.165, 1.54) is 7.11 Å². The van der Waals surface area contributed by atoms with Gasteiger partial charge < -0.3 is 15.2 Å². The van der Waals surface area contributed by atoms with E-state index in [4.69, 9.17) is 10.5 Å². The lowest BCUT2D eigenvalue weighted by atomic mass is 9.88. The summed E-state index contributed by atoms with van der Waals surface area (Å²) in [4.78, 5) is 22.5. The first-order chi connectivity index (χ1) is 7.56. The van der Waals surface area contributed by atoms with Gasteiger partial charge >= 0.3 is 11.9 Å². The molecular formula is C11H20ClNO4. The van der Waals surface area contributed by atoms with Crippen LogP contribution < -0.4 is 5.73 Å². The second kappa shape index (κ2) is 7.50. The summed E-state index contributed by atoms with van der Waals surface area (Å²) in [5.74, 6) is -1.11. The lowest BCUT2D eigenvalue weighted by molar-refractivity contribution is -0.161. The average Bonchev–Trinajstić information content (AvgIpc) is 2.30. The first-order valence-corrected chi connectivity index (χ1v) is 5.60. The normalized spacial score (nSPS) is 25.4. The third-order valence-electron chi connectivity index (χ3n) is 3.01. The van der Waals surface area contributed by atoms with Gasteiger partial charge in [-0.05, 0) is 25.2 Å². The van der Waals surface area contributed by atoms with Gasteiger partial charge in [0, 0.05) is 0 Å². The van der Waals surface area contributed by atoms with Gasteiger partial charge in [0.25, 0.3) is 0 Å². The van der Waals surface area contributed by atoms with E-state index in [0.717, 1.165) is 25.7 Å². The molecule has 2 N–H and O–H groups in total. The minimum Gasteiger partial charge on any atom is -0.467 e. The van der Waals surface area contributed by atoms with E-state index < -0.39 is 18.0 Å². The van der Waals surface area contributed by atoms with E-state index in [2.05, 4.69) is 4.74 Å². The molecular weight excluding hydrogens is 246 g/mol. The Hall–Kier alpha value is -0.810. The number of carbonyl (C=O) groups is 2. The van der Waals surface area contributed by atoms with E-state index in [1.807, 2.05) is 6.92 Å². The highest BCUT2D eigenvalue weighted by Crippen LogP contribution is 2.26. The molecule has 0 aliphatic heterocycles. The molecule has 3 atom stereocenters. The molecule has 100 valence electrons. The van der Waals surface area contributed by atoms with E-state index in [9.17, 15) is 9.59 Å². The highest BCUT2D eigenvalue weighted by atomic mass is 35.5. The Balaban J connectivity index is 0.00000256. The Labute approximate surface area is 107 Å². The standard InChI is InChI=1S/C11H19NO4.ClH/c1-7-5-3-4-6-8(7)16-11(14)9(12)10(13)15-2;/h7-9H,3-6,12H2,1-2H3;1H/t7-,8-,9?;/m1./s1. The Morgan fingerprint density at radius 3 is 2.35 bits per heavy atom. The molecule has 0 heterocycles. The van der Waals surface area contributed by atoms with E-state index >= 15 is 0 Å². The number of methoxy groups -OCH3 is 1. The number of halogens is 1. The number of hydrogen-bond acceptors (Lipinski definition) is 5. The molecule has 0 aromatic carbocycles. The molecule has 0 spiro atoms. The average molecular weight is 266 g/mol. The molecule has 6 heteroatoms. The molecule has 1 fully saturated rings. The van der Waals surface area contributed by atoms with Crippen LogP contribution in [0.2, 0.25) is 0 Å². The van der Waals surface area contributed by atoms with Gasteiger partial charge in [-0.2, -0.15) is 0 Å². The molecule has 1 rings (SSSR count). The molecule has 0 aromatic rings. The van der Waals surface area contributed by atoms with Crippen molar-refractivity contribution < 1.29 is 19.1 Å². The maximum Gasteiger partial charge on any atom is 0.334 e. The van der Waals surface area contributed by atoms with Crippen molar-refractivity contribution in [2.45, 2.75) is 44.8 Å². The molecule has 1 aliphatic carbocycles. The first-order valence-electron chi connectivity index (χ1n) is 5.60. The lowest BCUT2D eigenvalue weighted by Gasteiger charge is -2.28. The zero-order valence-electron chi connectivity index (χ0n) is 10.2. The van der Waals surface area contributed by atoms with Gasteiger partial charge in [0.15, 0.2) is 0 Å². The Morgan fingerprint density at radius 1 is 1.24 bits per heavy atom. The van der Waals surface area contributed by atoms with Crippen LogP contribution in [0.15, 0.2) is 0 Å². The molecule has 17 heavy (non-hydrogen) atoms. The quantitative estimate of drug-likeness (QED) is 0.609. The van der Waals surface area contributed by atoms with Crippen LogP contribution in [0.4, 0.5) is 0 Å². The predicted octanol–water partition coefficient (Wildman–Crippen LogP) is 1.03. The van der Waals surface area contributed by atoms with Crippen LogP contribution in [0.25, 0.3) is 0 Å². The van der Waals surface area contributed by atoms with Gasteiger partial charge in [0.05, 0.1) is 7.11 Å². The highest BCUT2D eigenvalue weighted by molar-refractivity contribution is 5.98. The molecule has 0 bridgehead atoms. The Bertz CT molecular complexity index is 272. The van der Waals surface area contributed by atoms with Crippen LogP contribution in [0.3, 0.4) is 0 Å². The summed E-state index contributed by atoms with van der Waals surface area (Å²) in [6, 6.07) is -1.32. The van der Waals surface area contributed by atoms with E-state index in [1.54, 1.807) is 0 Å². The number of rotatable bonds is 3. The second-order valence-corrected chi connectivity index (χ2v) is 4.24. The number of carbonyl (C=O) groups excluding carboxylic acids is 2. The van der Waals surface area contributed by atoms with Gasteiger partial charge in [-0.25, -0.2) is 9.59 Å². The van der Waals surface area contributed by atoms with Gasteiger partial charge in [-0.1, -0.05) is 13.3 Å². The van der Waals surface area contributed by atoms with Crippen molar-refractivity contribution in [2.75, 3.05) is 7.11 Å². The summed E-state index contributed by atoms with van der Waals surface area (Å²) in [6.07, 6.45) is 4.00. The summed E-state index contributed by atoms with van der Waals surface area (Å²) in [5.41, 5.74) is 5.38. The minimum atomic E-state index is -1.32. The summed E-state index contributed by atoms with van der Waals surface area (Å²) in [5, 5.41) is 0. The third-order valence-corrected chi connectivity index (χ3v) is 3.01. The minimum absolute atomic E-state index is 0. The topological polar surface area (TPSA) is 78.6 Å². The number of nitrogens with two attached hydrogens (primary N) is 1. The Morgan fingerprint density at radius 2 is 1.82 bits per heavy atom. The number of hydrogen-bond donors (Lipinski definition) is 1. The maximum absolute atomic E-state index is 11.5. The number of esters is 2. The van der Waals surface area contributed by atoms with Crippen molar-refractivity contribution in [1.29, 1.82) is 0 Å².